The number of aromatic nitrogens is 3. The summed E-state index contributed by atoms with van der Waals surface area (Å²) in [4.78, 5) is 9.78. The molecule has 19 heavy (non-hydrogen) atoms. The zero-order valence-electron chi connectivity index (χ0n) is 9.12. The molecule has 1 aromatic carbocycles. The monoisotopic (exact) mass is 290 g/mol. The fraction of sp³-hybridized carbons (Fsp3) is 0.100. The highest BCUT2D eigenvalue weighted by molar-refractivity contribution is 7.71. The molecule has 4 nitrogen and oxygen atoms in total. The van der Waals surface area contributed by atoms with Crippen LogP contribution in [0, 0.1) is 10.6 Å². The van der Waals surface area contributed by atoms with E-state index in [1.807, 2.05) is 0 Å². The van der Waals surface area contributed by atoms with Crippen molar-refractivity contribution in [2.75, 3.05) is 5.73 Å². The quantitative estimate of drug-likeness (QED) is 0.626. The van der Waals surface area contributed by atoms with E-state index >= 15 is 0 Å². The Bertz CT molecular complexity index is 680. The summed E-state index contributed by atoms with van der Waals surface area (Å²) in [6, 6.07) is 2.47. The minimum absolute atomic E-state index is 0.00826. The molecule has 2 aromatic rings. The van der Waals surface area contributed by atoms with Crippen LogP contribution in [0.25, 0.3) is 11.4 Å². The van der Waals surface area contributed by atoms with Crippen molar-refractivity contribution in [1.29, 1.82) is 0 Å². The fourth-order valence-electron chi connectivity index (χ4n) is 1.43. The van der Waals surface area contributed by atoms with Gasteiger partial charge in [-0.1, -0.05) is 0 Å². The first-order valence-corrected chi connectivity index (χ1v) is 5.29. The normalized spacial score (nSPS) is 11.6. The second-order valence-corrected chi connectivity index (χ2v) is 3.92. The average Bonchev–Trinajstić information content (AvgIpc) is 2.26. The van der Waals surface area contributed by atoms with Crippen LogP contribution in [0.1, 0.15) is 5.56 Å². The SMILES string of the molecule is Nc1nc(=S)nc(-c2ccc(F)c(C(F)(F)F)c2)[nH]1. The van der Waals surface area contributed by atoms with Crippen molar-refractivity contribution >= 4 is 18.2 Å². The molecule has 0 aliphatic carbocycles. The number of nitrogens with two attached hydrogens (primary N) is 1. The van der Waals surface area contributed by atoms with Gasteiger partial charge in [0, 0.05) is 5.56 Å². The third kappa shape index (κ3) is 2.87. The zero-order valence-corrected chi connectivity index (χ0v) is 9.94. The molecule has 2 rings (SSSR count). The summed E-state index contributed by atoms with van der Waals surface area (Å²) in [6.07, 6.45) is -4.80. The van der Waals surface area contributed by atoms with Gasteiger partial charge in [-0.2, -0.15) is 18.2 Å². The van der Waals surface area contributed by atoms with Gasteiger partial charge in [-0.05, 0) is 30.4 Å². The van der Waals surface area contributed by atoms with E-state index in [0.717, 1.165) is 6.07 Å². The summed E-state index contributed by atoms with van der Waals surface area (Å²) >= 11 is 4.70. The fourth-order valence-corrected chi connectivity index (χ4v) is 1.62. The Labute approximate surface area is 109 Å². The van der Waals surface area contributed by atoms with Crippen LogP contribution < -0.4 is 5.73 Å². The maximum absolute atomic E-state index is 13.1. The van der Waals surface area contributed by atoms with Crippen LogP contribution in [0.15, 0.2) is 18.2 Å². The molecule has 0 saturated heterocycles. The maximum atomic E-state index is 13.1. The van der Waals surface area contributed by atoms with Gasteiger partial charge >= 0.3 is 6.18 Å². The predicted octanol–water partition coefficient (Wildman–Crippen LogP) is 2.94. The van der Waals surface area contributed by atoms with Crippen LogP contribution in [-0.4, -0.2) is 15.0 Å². The number of hydrogen-bond donors (Lipinski definition) is 2. The van der Waals surface area contributed by atoms with E-state index in [1.54, 1.807) is 0 Å². The summed E-state index contributed by atoms with van der Waals surface area (Å²) in [6.45, 7) is 0. The van der Waals surface area contributed by atoms with Gasteiger partial charge in [0.1, 0.15) is 11.6 Å². The molecule has 100 valence electrons. The Morgan fingerprint density at radius 2 is 1.89 bits per heavy atom. The molecule has 0 amide bonds. The first-order valence-electron chi connectivity index (χ1n) is 4.88. The minimum Gasteiger partial charge on any atom is -0.369 e. The number of nitrogens with one attached hydrogen (secondary N) is 1. The molecule has 0 atom stereocenters. The molecule has 0 unspecified atom stereocenters. The smallest absolute Gasteiger partial charge is 0.369 e. The number of benzene rings is 1. The molecular formula is C10H6F4N4S. The predicted molar refractivity (Wildman–Crippen MR) is 62.0 cm³/mol. The van der Waals surface area contributed by atoms with Gasteiger partial charge in [0.2, 0.25) is 10.7 Å². The molecule has 3 N–H and O–H groups in total. The van der Waals surface area contributed by atoms with E-state index in [4.69, 9.17) is 18.0 Å². The standard InChI is InChI=1S/C10H6F4N4S/c11-6-2-1-4(3-5(6)10(12,13)14)7-16-8(15)18-9(19)17-7/h1-3H,(H3,15,16,17,18,19). The van der Waals surface area contributed by atoms with E-state index in [1.165, 1.54) is 0 Å². The number of aromatic amines is 1. The Kier molecular flexibility index (Phi) is 3.23. The molecular weight excluding hydrogens is 284 g/mol. The van der Waals surface area contributed by atoms with Gasteiger partial charge in [0.05, 0.1) is 5.56 Å². The van der Waals surface area contributed by atoms with Crippen molar-refractivity contribution in [3.63, 3.8) is 0 Å². The lowest BCUT2D eigenvalue weighted by Gasteiger charge is -2.09. The van der Waals surface area contributed by atoms with Crippen molar-refractivity contribution in [3.05, 3.63) is 34.4 Å². The highest BCUT2D eigenvalue weighted by atomic mass is 32.1. The van der Waals surface area contributed by atoms with Crippen molar-refractivity contribution in [2.24, 2.45) is 0 Å². The lowest BCUT2D eigenvalue weighted by atomic mass is 10.1. The molecule has 0 aliphatic rings. The van der Waals surface area contributed by atoms with Crippen LogP contribution in [0.2, 0.25) is 0 Å². The number of halogens is 4. The Balaban J connectivity index is 2.61. The maximum Gasteiger partial charge on any atom is 0.419 e. The third-order valence-electron chi connectivity index (χ3n) is 2.22. The van der Waals surface area contributed by atoms with E-state index in [0.29, 0.717) is 12.1 Å². The van der Waals surface area contributed by atoms with Crippen LogP contribution in [0.5, 0.6) is 0 Å². The summed E-state index contributed by atoms with van der Waals surface area (Å²) in [7, 11) is 0. The Morgan fingerprint density at radius 1 is 1.21 bits per heavy atom. The van der Waals surface area contributed by atoms with Gasteiger partial charge < -0.3 is 10.7 Å². The van der Waals surface area contributed by atoms with Crippen LogP contribution >= 0.6 is 12.2 Å². The van der Waals surface area contributed by atoms with Crippen LogP contribution in [-0.2, 0) is 6.18 Å². The van der Waals surface area contributed by atoms with E-state index in [-0.39, 0.29) is 22.1 Å². The van der Waals surface area contributed by atoms with E-state index in [2.05, 4.69) is 15.0 Å². The molecule has 0 spiro atoms. The van der Waals surface area contributed by atoms with E-state index in [9.17, 15) is 17.6 Å². The summed E-state index contributed by atoms with van der Waals surface area (Å²) < 4.78 is 50.7. The van der Waals surface area contributed by atoms with Crippen molar-refractivity contribution in [2.45, 2.75) is 6.18 Å². The van der Waals surface area contributed by atoms with Gasteiger partial charge in [-0.3, -0.25) is 0 Å². The number of anilines is 1. The molecule has 1 heterocycles. The van der Waals surface area contributed by atoms with Gasteiger partial charge in [-0.25, -0.2) is 9.37 Å². The molecule has 0 aliphatic heterocycles. The first kappa shape index (κ1) is 13.4. The number of nitrogen functional groups attached to an aromatic ring is 1. The van der Waals surface area contributed by atoms with Crippen LogP contribution in [0.4, 0.5) is 23.5 Å². The van der Waals surface area contributed by atoms with Crippen molar-refractivity contribution in [3.8, 4) is 11.4 Å². The molecule has 0 bridgehead atoms. The summed E-state index contributed by atoms with van der Waals surface area (Å²) in [5.41, 5.74) is 4.00. The summed E-state index contributed by atoms with van der Waals surface area (Å²) in [5, 5.41) is 0. The highest BCUT2D eigenvalue weighted by Crippen LogP contribution is 2.33. The average molecular weight is 290 g/mol. The molecule has 1 aromatic heterocycles. The van der Waals surface area contributed by atoms with E-state index < -0.39 is 17.6 Å². The second kappa shape index (κ2) is 4.57. The number of hydrogen-bond acceptors (Lipinski definition) is 4. The number of rotatable bonds is 1. The van der Waals surface area contributed by atoms with Crippen LogP contribution in [0.3, 0.4) is 0 Å². The van der Waals surface area contributed by atoms with Gasteiger partial charge in [0.25, 0.3) is 0 Å². The largest absolute Gasteiger partial charge is 0.419 e. The zero-order chi connectivity index (χ0) is 14.2. The molecule has 9 heteroatoms. The topological polar surface area (TPSA) is 67.6 Å². The van der Waals surface area contributed by atoms with Crippen molar-refractivity contribution < 1.29 is 17.6 Å². The molecule has 0 fully saturated rings. The minimum atomic E-state index is -4.80. The lowest BCUT2D eigenvalue weighted by molar-refractivity contribution is -0.139. The van der Waals surface area contributed by atoms with Gasteiger partial charge in [-0.15, -0.1) is 0 Å². The summed E-state index contributed by atoms with van der Waals surface area (Å²) in [5.74, 6) is -1.47. The highest BCUT2D eigenvalue weighted by Gasteiger charge is 2.34. The van der Waals surface area contributed by atoms with Gasteiger partial charge in [0.15, 0.2) is 0 Å². The Morgan fingerprint density at radius 3 is 2.47 bits per heavy atom. The number of H-pyrrole nitrogens is 1. The Hall–Kier alpha value is -2.03. The molecule has 0 saturated carbocycles. The molecule has 0 radical (unpaired) electrons. The second-order valence-electron chi connectivity index (χ2n) is 3.56. The van der Waals surface area contributed by atoms with Crippen molar-refractivity contribution in [1.82, 2.24) is 15.0 Å². The number of alkyl halides is 3. The first-order chi connectivity index (χ1) is 8.77. The number of nitrogens with zero attached hydrogens (tertiary/aromatic N) is 2. The lowest BCUT2D eigenvalue weighted by Crippen LogP contribution is -2.08. The third-order valence-corrected chi connectivity index (χ3v) is 2.40.